The van der Waals surface area contributed by atoms with Crippen molar-refractivity contribution in [3.63, 3.8) is 0 Å². The van der Waals surface area contributed by atoms with E-state index < -0.39 is 11.8 Å². The van der Waals surface area contributed by atoms with E-state index in [4.69, 9.17) is 0 Å². The summed E-state index contributed by atoms with van der Waals surface area (Å²) in [6.45, 7) is 1.77. The number of hydrogen-bond acceptors (Lipinski definition) is 5. The third-order valence-corrected chi connectivity index (χ3v) is 3.39. The third kappa shape index (κ3) is 3.89. The second kappa shape index (κ2) is 6.96. The maximum absolute atomic E-state index is 13.8. The normalized spacial score (nSPS) is 10.3. The first-order valence-corrected chi connectivity index (χ1v) is 7.49. The Hall–Kier alpha value is -3.48. The van der Waals surface area contributed by atoms with Crippen LogP contribution >= 0.6 is 0 Å². The zero-order chi connectivity index (χ0) is 17.8. The number of para-hydroxylation sites is 2. The van der Waals surface area contributed by atoms with Gasteiger partial charge in [-0.1, -0.05) is 24.3 Å². The van der Waals surface area contributed by atoms with E-state index in [0.717, 1.165) is 0 Å². The number of hydrogen-bond donors (Lipinski definition) is 3. The van der Waals surface area contributed by atoms with E-state index in [0.29, 0.717) is 17.2 Å². The SMILES string of the molecule is Cc1cc(Nc2ccccc2C(=O)O)nc(Nc2ccccc2F)n1. The number of anilines is 4. The molecule has 3 N–H and O–H groups in total. The van der Waals surface area contributed by atoms with E-state index in [1.165, 1.54) is 12.1 Å². The molecule has 25 heavy (non-hydrogen) atoms. The van der Waals surface area contributed by atoms with E-state index in [9.17, 15) is 14.3 Å². The molecule has 0 amide bonds. The first kappa shape index (κ1) is 16.4. The van der Waals surface area contributed by atoms with Crippen molar-refractivity contribution in [2.24, 2.45) is 0 Å². The average molecular weight is 338 g/mol. The Balaban J connectivity index is 1.90. The smallest absolute Gasteiger partial charge is 0.337 e. The van der Waals surface area contributed by atoms with Crippen LogP contribution in [0, 0.1) is 12.7 Å². The van der Waals surface area contributed by atoms with Crippen LogP contribution in [0.3, 0.4) is 0 Å². The first-order chi connectivity index (χ1) is 12.0. The number of nitrogens with one attached hydrogen (secondary N) is 2. The van der Waals surface area contributed by atoms with Gasteiger partial charge in [-0.25, -0.2) is 14.2 Å². The highest BCUT2D eigenvalue weighted by Gasteiger charge is 2.11. The highest BCUT2D eigenvalue weighted by atomic mass is 19.1. The number of carboxylic acid groups (broad SMARTS) is 1. The van der Waals surface area contributed by atoms with Gasteiger partial charge in [-0.3, -0.25) is 0 Å². The lowest BCUT2D eigenvalue weighted by Gasteiger charge is -2.12. The molecule has 0 fully saturated rings. The predicted molar refractivity (Wildman–Crippen MR) is 93.1 cm³/mol. The molecule has 3 rings (SSSR count). The Labute approximate surface area is 143 Å². The lowest BCUT2D eigenvalue weighted by molar-refractivity contribution is 0.0698. The molecular formula is C18H15FN4O2. The quantitative estimate of drug-likeness (QED) is 0.649. The van der Waals surface area contributed by atoms with E-state index in [2.05, 4.69) is 20.6 Å². The first-order valence-electron chi connectivity index (χ1n) is 7.49. The van der Waals surface area contributed by atoms with E-state index in [1.54, 1.807) is 49.4 Å². The van der Waals surface area contributed by atoms with Gasteiger partial charge < -0.3 is 15.7 Å². The van der Waals surface area contributed by atoms with Gasteiger partial charge in [-0.2, -0.15) is 4.98 Å². The molecule has 0 spiro atoms. The van der Waals surface area contributed by atoms with Crippen LogP contribution in [0.15, 0.2) is 54.6 Å². The van der Waals surface area contributed by atoms with Crippen LogP contribution in [0.2, 0.25) is 0 Å². The number of nitrogens with zero attached hydrogens (tertiary/aromatic N) is 2. The summed E-state index contributed by atoms with van der Waals surface area (Å²) >= 11 is 0. The molecule has 0 bridgehead atoms. The molecule has 0 radical (unpaired) electrons. The Kier molecular flexibility index (Phi) is 4.56. The van der Waals surface area contributed by atoms with Gasteiger partial charge in [0.2, 0.25) is 5.95 Å². The van der Waals surface area contributed by atoms with Gasteiger partial charge in [-0.05, 0) is 31.2 Å². The topological polar surface area (TPSA) is 87.1 Å². The molecule has 1 heterocycles. The Morgan fingerprint density at radius 3 is 2.40 bits per heavy atom. The van der Waals surface area contributed by atoms with Crippen molar-refractivity contribution < 1.29 is 14.3 Å². The van der Waals surface area contributed by atoms with Crippen LogP contribution in [0.1, 0.15) is 16.1 Å². The molecule has 0 aliphatic carbocycles. The highest BCUT2D eigenvalue weighted by molar-refractivity contribution is 5.95. The van der Waals surface area contributed by atoms with Crippen LogP contribution in [-0.2, 0) is 0 Å². The zero-order valence-electron chi connectivity index (χ0n) is 13.3. The summed E-state index contributed by atoms with van der Waals surface area (Å²) in [4.78, 5) is 19.8. The molecular weight excluding hydrogens is 323 g/mol. The van der Waals surface area contributed by atoms with Crippen LogP contribution < -0.4 is 10.6 Å². The fourth-order valence-electron chi connectivity index (χ4n) is 2.29. The van der Waals surface area contributed by atoms with Gasteiger partial charge in [0.15, 0.2) is 0 Å². The minimum absolute atomic E-state index is 0.127. The second-order valence-corrected chi connectivity index (χ2v) is 5.30. The fourth-order valence-corrected chi connectivity index (χ4v) is 2.29. The molecule has 3 aromatic rings. The lowest BCUT2D eigenvalue weighted by Crippen LogP contribution is -2.06. The summed E-state index contributed by atoms with van der Waals surface area (Å²) in [5.41, 5.74) is 1.43. The summed E-state index contributed by atoms with van der Waals surface area (Å²) in [7, 11) is 0. The summed E-state index contributed by atoms with van der Waals surface area (Å²) in [6, 6.07) is 14.4. The predicted octanol–water partition coefficient (Wildman–Crippen LogP) is 4.11. The van der Waals surface area contributed by atoms with Crippen LogP contribution in [0.25, 0.3) is 0 Å². The van der Waals surface area contributed by atoms with Crippen molar-refractivity contribution in [2.75, 3.05) is 10.6 Å². The minimum atomic E-state index is -1.04. The molecule has 126 valence electrons. The molecule has 1 aromatic heterocycles. The van der Waals surface area contributed by atoms with Crippen molar-refractivity contribution >= 4 is 29.1 Å². The molecule has 0 saturated carbocycles. The maximum Gasteiger partial charge on any atom is 0.337 e. The Morgan fingerprint density at radius 2 is 1.68 bits per heavy atom. The summed E-state index contributed by atoms with van der Waals surface area (Å²) in [6.07, 6.45) is 0. The van der Waals surface area contributed by atoms with Gasteiger partial charge >= 0.3 is 5.97 Å². The molecule has 0 aliphatic heterocycles. The molecule has 0 saturated heterocycles. The van der Waals surface area contributed by atoms with Gasteiger partial charge in [0.1, 0.15) is 11.6 Å². The molecule has 2 aromatic carbocycles. The zero-order valence-corrected chi connectivity index (χ0v) is 13.3. The minimum Gasteiger partial charge on any atom is -0.478 e. The van der Waals surface area contributed by atoms with Crippen LogP contribution in [0.5, 0.6) is 0 Å². The molecule has 0 aliphatic rings. The van der Waals surface area contributed by atoms with Crippen molar-refractivity contribution in [3.05, 3.63) is 71.7 Å². The number of carbonyl (C=O) groups is 1. The standard InChI is InChI=1S/C18H15FN4O2/c1-11-10-16(21-14-8-4-2-6-12(14)17(24)25)23-18(20-11)22-15-9-5-3-7-13(15)19/h2-10H,1H3,(H,24,25)(H2,20,21,22,23). The highest BCUT2D eigenvalue weighted by Crippen LogP contribution is 2.22. The Bertz CT molecular complexity index is 930. The molecule has 7 heteroatoms. The largest absolute Gasteiger partial charge is 0.478 e. The van der Waals surface area contributed by atoms with Gasteiger partial charge in [-0.15, -0.1) is 0 Å². The van der Waals surface area contributed by atoms with Gasteiger partial charge in [0, 0.05) is 11.8 Å². The van der Waals surface area contributed by atoms with Gasteiger partial charge in [0.25, 0.3) is 0 Å². The summed E-state index contributed by atoms with van der Waals surface area (Å²) < 4.78 is 13.8. The van der Waals surface area contributed by atoms with E-state index in [1.807, 2.05) is 0 Å². The van der Waals surface area contributed by atoms with Crippen LogP contribution in [0.4, 0.5) is 27.5 Å². The molecule has 6 nitrogen and oxygen atoms in total. The Morgan fingerprint density at radius 1 is 1.00 bits per heavy atom. The number of rotatable bonds is 5. The maximum atomic E-state index is 13.8. The van der Waals surface area contributed by atoms with Crippen molar-refractivity contribution in [2.45, 2.75) is 6.92 Å². The number of halogens is 1. The van der Waals surface area contributed by atoms with Crippen LogP contribution in [-0.4, -0.2) is 21.0 Å². The van der Waals surface area contributed by atoms with Crippen molar-refractivity contribution in [1.29, 1.82) is 0 Å². The van der Waals surface area contributed by atoms with Crippen molar-refractivity contribution in [3.8, 4) is 0 Å². The molecule has 0 unspecified atom stereocenters. The third-order valence-electron chi connectivity index (χ3n) is 3.39. The number of aryl methyl sites for hydroxylation is 1. The second-order valence-electron chi connectivity index (χ2n) is 5.30. The fraction of sp³-hybridized carbons (Fsp3) is 0.0556. The average Bonchev–Trinajstić information content (AvgIpc) is 2.57. The number of aromatic carboxylic acids is 1. The van der Waals surface area contributed by atoms with E-state index in [-0.39, 0.29) is 17.2 Å². The number of aromatic nitrogens is 2. The number of carboxylic acids is 1. The van der Waals surface area contributed by atoms with Gasteiger partial charge in [0.05, 0.1) is 16.9 Å². The lowest BCUT2D eigenvalue weighted by atomic mass is 10.2. The summed E-state index contributed by atoms with van der Waals surface area (Å²) in [5, 5.41) is 15.0. The summed E-state index contributed by atoms with van der Waals surface area (Å²) in [5.74, 6) is -0.850. The number of benzene rings is 2. The monoisotopic (exact) mass is 338 g/mol. The van der Waals surface area contributed by atoms with E-state index >= 15 is 0 Å². The van der Waals surface area contributed by atoms with Crippen molar-refractivity contribution in [1.82, 2.24) is 9.97 Å². The molecule has 0 atom stereocenters.